The van der Waals surface area contributed by atoms with Crippen LogP contribution in [-0.4, -0.2) is 41.9 Å². The van der Waals surface area contributed by atoms with Crippen LogP contribution < -0.4 is 5.73 Å². The molecule has 0 saturated heterocycles. The Balaban J connectivity index is 2.01. The lowest BCUT2D eigenvalue weighted by molar-refractivity contribution is -0.144. The van der Waals surface area contributed by atoms with Gasteiger partial charge in [0.2, 0.25) is 0 Å². The van der Waals surface area contributed by atoms with Crippen molar-refractivity contribution in [3.63, 3.8) is 0 Å². The summed E-state index contributed by atoms with van der Waals surface area (Å²) >= 11 is 0. The van der Waals surface area contributed by atoms with Gasteiger partial charge in [-0.05, 0) is 25.5 Å². The van der Waals surface area contributed by atoms with Gasteiger partial charge in [0.05, 0.1) is 17.7 Å². The Kier molecular flexibility index (Phi) is 4.14. The molecule has 6 nitrogen and oxygen atoms in total. The van der Waals surface area contributed by atoms with Gasteiger partial charge in [-0.3, -0.25) is 19.3 Å². The molecule has 0 unspecified atom stereocenters. The Hall–Kier alpha value is -2.21. The van der Waals surface area contributed by atoms with Gasteiger partial charge in [0.1, 0.15) is 6.04 Å². The maximum atomic E-state index is 12.1. The van der Waals surface area contributed by atoms with E-state index in [2.05, 4.69) is 0 Å². The summed E-state index contributed by atoms with van der Waals surface area (Å²) in [6.45, 7) is 2.04. The fourth-order valence-corrected chi connectivity index (χ4v) is 2.08. The van der Waals surface area contributed by atoms with E-state index in [1.54, 1.807) is 31.2 Å². The minimum Gasteiger partial charge on any atom is -0.465 e. The Morgan fingerprint density at radius 2 is 1.80 bits per heavy atom. The molecule has 2 amide bonds. The van der Waals surface area contributed by atoms with Crippen LogP contribution in [0.3, 0.4) is 0 Å². The highest BCUT2D eigenvalue weighted by Crippen LogP contribution is 2.22. The van der Waals surface area contributed by atoms with Gasteiger partial charge in [-0.2, -0.15) is 0 Å². The van der Waals surface area contributed by atoms with E-state index < -0.39 is 12.0 Å². The summed E-state index contributed by atoms with van der Waals surface area (Å²) in [6.07, 6.45) is 0.185. The number of hydrogen-bond donors (Lipinski definition) is 1. The van der Waals surface area contributed by atoms with Crippen LogP contribution in [0.4, 0.5) is 0 Å². The maximum absolute atomic E-state index is 12.1. The smallest absolute Gasteiger partial charge is 0.322 e. The minimum absolute atomic E-state index is 0.103. The molecule has 1 aliphatic heterocycles. The lowest BCUT2D eigenvalue weighted by Crippen LogP contribution is -2.38. The van der Waals surface area contributed by atoms with Gasteiger partial charge in [0.25, 0.3) is 11.8 Å². The molecule has 1 aromatic carbocycles. The second kappa shape index (κ2) is 5.83. The van der Waals surface area contributed by atoms with E-state index in [0.717, 1.165) is 4.90 Å². The predicted molar refractivity (Wildman–Crippen MR) is 71.0 cm³/mol. The van der Waals surface area contributed by atoms with Crippen molar-refractivity contribution in [1.82, 2.24) is 4.90 Å². The van der Waals surface area contributed by atoms with Crippen molar-refractivity contribution >= 4 is 17.8 Å². The number of carbonyl (C=O) groups excluding carboxylic acids is 3. The zero-order chi connectivity index (χ0) is 14.7. The number of nitrogens with zero attached hydrogens (tertiary/aromatic N) is 1. The third kappa shape index (κ3) is 2.55. The number of hydrogen-bond acceptors (Lipinski definition) is 5. The van der Waals surface area contributed by atoms with Crippen LogP contribution in [0.2, 0.25) is 0 Å². The highest BCUT2D eigenvalue weighted by molar-refractivity contribution is 6.21. The molecule has 0 bridgehead atoms. The van der Waals surface area contributed by atoms with Crippen LogP contribution in [-0.2, 0) is 9.53 Å². The van der Waals surface area contributed by atoms with Crippen LogP contribution in [0.25, 0.3) is 0 Å². The van der Waals surface area contributed by atoms with Gasteiger partial charge < -0.3 is 10.5 Å². The van der Waals surface area contributed by atoms with E-state index in [1.807, 2.05) is 0 Å². The van der Waals surface area contributed by atoms with E-state index >= 15 is 0 Å². The molecule has 0 spiro atoms. The maximum Gasteiger partial charge on any atom is 0.322 e. The average molecular weight is 276 g/mol. The third-order valence-corrected chi connectivity index (χ3v) is 3.13. The summed E-state index contributed by atoms with van der Waals surface area (Å²) in [7, 11) is 0. The molecule has 2 N–H and O–H groups in total. The van der Waals surface area contributed by atoms with E-state index in [1.165, 1.54) is 0 Å². The van der Waals surface area contributed by atoms with Crippen molar-refractivity contribution in [2.24, 2.45) is 5.73 Å². The van der Waals surface area contributed by atoms with Crippen LogP contribution in [0.15, 0.2) is 24.3 Å². The van der Waals surface area contributed by atoms with E-state index in [4.69, 9.17) is 10.5 Å². The molecule has 106 valence electrons. The first kappa shape index (κ1) is 14.2. The minimum atomic E-state index is -0.834. The van der Waals surface area contributed by atoms with Crippen molar-refractivity contribution in [2.45, 2.75) is 19.4 Å². The van der Waals surface area contributed by atoms with Gasteiger partial charge in [-0.1, -0.05) is 12.1 Å². The molecule has 0 radical (unpaired) electrons. The Morgan fingerprint density at radius 1 is 1.25 bits per heavy atom. The van der Waals surface area contributed by atoms with E-state index in [-0.39, 0.29) is 31.4 Å². The van der Waals surface area contributed by atoms with Gasteiger partial charge >= 0.3 is 5.97 Å². The number of amides is 2. The van der Waals surface area contributed by atoms with Crippen LogP contribution in [0, 0.1) is 0 Å². The second-order valence-electron chi connectivity index (χ2n) is 4.45. The zero-order valence-corrected chi connectivity index (χ0v) is 11.2. The van der Waals surface area contributed by atoms with Crippen molar-refractivity contribution < 1.29 is 19.1 Å². The SMILES string of the molecule is CCOC(=O)[C@H](N)CCN1C(=O)c2ccccc2C1=O. The predicted octanol–water partition coefficient (Wildman–Crippen LogP) is 0.563. The van der Waals surface area contributed by atoms with Gasteiger partial charge in [0, 0.05) is 6.54 Å². The molecule has 0 fully saturated rings. The molecular weight excluding hydrogens is 260 g/mol. The van der Waals surface area contributed by atoms with Crippen LogP contribution in [0.1, 0.15) is 34.1 Å². The largest absolute Gasteiger partial charge is 0.465 e. The number of nitrogens with two attached hydrogens (primary N) is 1. The molecule has 0 aliphatic carbocycles. The van der Waals surface area contributed by atoms with Crippen molar-refractivity contribution in [3.8, 4) is 0 Å². The third-order valence-electron chi connectivity index (χ3n) is 3.13. The normalized spacial score (nSPS) is 15.2. The number of rotatable bonds is 5. The molecule has 2 rings (SSSR count). The molecule has 1 heterocycles. The highest BCUT2D eigenvalue weighted by Gasteiger charge is 2.35. The fraction of sp³-hybridized carbons (Fsp3) is 0.357. The van der Waals surface area contributed by atoms with E-state index in [0.29, 0.717) is 11.1 Å². The fourth-order valence-electron chi connectivity index (χ4n) is 2.08. The number of benzene rings is 1. The van der Waals surface area contributed by atoms with Gasteiger partial charge in [-0.15, -0.1) is 0 Å². The summed E-state index contributed by atoms with van der Waals surface area (Å²) < 4.78 is 4.78. The number of carbonyl (C=O) groups is 3. The quantitative estimate of drug-likeness (QED) is 0.627. The van der Waals surface area contributed by atoms with Gasteiger partial charge in [0.15, 0.2) is 0 Å². The molecule has 0 aromatic heterocycles. The molecule has 0 saturated carbocycles. The van der Waals surface area contributed by atoms with Crippen LogP contribution >= 0.6 is 0 Å². The van der Waals surface area contributed by atoms with Crippen molar-refractivity contribution in [2.75, 3.05) is 13.2 Å². The summed E-state index contributed by atoms with van der Waals surface area (Å²) in [5.74, 6) is -1.22. The molecule has 20 heavy (non-hydrogen) atoms. The zero-order valence-electron chi connectivity index (χ0n) is 11.2. The lowest BCUT2D eigenvalue weighted by Gasteiger charge is -2.16. The monoisotopic (exact) mass is 276 g/mol. The molecule has 6 heteroatoms. The standard InChI is InChI=1S/C14H16N2O4/c1-2-20-14(19)11(15)7-8-16-12(17)9-5-3-4-6-10(9)13(16)18/h3-6,11H,2,7-8,15H2,1H3/t11-/m1/s1. The summed E-state index contributed by atoms with van der Waals surface area (Å²) in [5, 5.41) is 0. The summed E-state index contributed by atoms with van der Waals surface area (Å²) in [6, 6.07) is 5.80. The van der Waals surface area contributed by atoms with E-state index in [9.17, 15) is 14.4 Å². The molecule has 1 aliphatic rings. The number of imide groups is 1. The Bertz CT molecular complexity index is 521. The number of esters is 1. The number of fused-ring (bicyclic) bond motifs is 1. The summed E-state index contributed by atoms with van der Waals surface area (Å²) in [4.78, 5) is 36.6. The molecule has 1 aromatic rings. The molecular formula is C14H16N2O4. The second-order valence-corrected chi connectivity index (χ2v) is 4.45. The topological polar surface area (TPSA) is 89.7 Å². The first-order valence-electron chi connectivity index (χ1n) is 6.43. The lowest BCUT2D eigenvalue weighted by atomic mass is 10.1. The average Bonchev–Trinajstić information content (AvgIpc) is 2.69. The molecule has 1 atom stereocenters. The first-order chi connectivity index (χ1) is 9.56. The Morgan fingerprint density at radius 3 is 2.30 bits per heavy atom. The van der Waals surface area contributed by atoms with Crippen molar-refractivity contribution in [1.29, 1.82) is 0 Å². The summed E-state index contributed by atoms with van der Waals surface area (Å²) in [5.41, 5.74) is 6.44. The Labute approximate surface area is 116 Å². The number of ether oxygens (including phenoxy) is 1. The van der Waals surface area contributed by atoms with Crippen LogP contribution in [0.5, 0.6) is 0 Å². The first-order valence-corrected chi connectivity index (χ1v) is 6.43. The van der Waals surface area contributed by atoms with Crippen molar-refractivity contribution in [3.05, 3.63) is 35.4 Å². The highest BCUT2D eigenvalue weighted by atomic mass is 16.5. The van der Waals surface area contributed by atoms with Gasteiger partial charge in [-0.25, -0.2) is 0 Å².